The van der Waals surface area contributed by atoms with Gasteiger partial charge in [-0.1, -0.05) is 30.7 Å². The molecule has 3 heteroatoms. The normalized spacial score (nSPS) is 17.6. The van der Waals surface area contributed by atoms with Crippen molar-refractivity contribution in [2.75, 3.05) is 13.1 Å². The van der Waals surface area contributed by atoms with Gasteiger partial charge in [0.1, 0.15) is 0 Å². The lowest BCUT2D eigenvalue weighted by Gasteiger charge is -2.26. The summed E-state index contributed by atoms with van der Waals surface area (Å²) in [6, 6.07) is 8.92. The van der Waals surface area contributed by atoms with Crippen LogP contribution < -0.4 is 3.53 Å². The van der Waals surface area contributed by atoms with Crippen molar-refractivity contribution in [1.29, 1.82) is 0 Å². The molecule has 1 heterocycles. The minimum absolute atomic E-state index is 0.953. The molecule has 16 heavy (non-hydrogen) atoms. The maximum atomic E-state index is 3.17. The third kappa shape index (κ3) is 3.71. The molecule has 0 aromatic heterocycles. The summed E-state index contributed by atoms with van der Waals surface area (Å²) in [6.45, 7) is 4.62. The summed E-state index contributed by atoms with van der Waals surface area (Å²) in [4.78, 5) is 2.57. The van der Waals surface area contributed by atoms with Crippen LogP contribution in [0.5, 0.6) is 0 Å². The first kappa shape index (κ1) is 12.3. The molecule has 1 aliphatic heterocycles. The van der Waals surface area contributed by atoms with E-state index in [-0.39, 0.29) is 0 Å². The molecule has 2 nitrogen and oxygen atoms in total. The van der Waals surface area contributed by atoms with Crippen molar-refractivity contribution in [2.24, 2.45) is 0 Å². The van der Waals surface area contributed by atoms with Crippen LogP contribution in [-0.2, 0) is 13.1 Å². The van der Waals surface area contributed by atoms with E-state index in [9.17, 15) is 0 Å². The highest BCUT2D eigenvalue weighted by Gasteiger charge is 2.10. The Kier molecular flexibility index (Phi) is 5.06. The smallest absolute Gasteiger partial charge is 0.0301 e. The molecular weight excluding hydrogens is 311 g/mol. The molecule has 1 saturated heterocycles. The van der Waals surface area contributed by atoms with Gasteiger partial charge in [0, 0.05) is 36.0 Å². The minimum atomic E-state index is 0.953. The third-order valence-corrected chi connectivity index (χ3v) is 3.50. The molecule has 0 radical (unpaired) electrons. The summed E-state index contributed by atoms with van der Waals surface area (Å²) in [5.41, 5.74) is 2.83. The van der Waals surface area contributed by atoms with Crippen molar-refractivity contribution in [3.63, 3.8) is 0 Å². The Hall–Kier alpha value is -0.130. The van der Waals surface area contributed by atoms with Crippen LogP contribution in [0.25, 0.3) is 0 Å². The second kappa shape index (κ2) is 6.57. The Morgan fingerprint density at radius 3 is 2.62 bits per heavy atom. The van der Waals surface area contributed by atoms with Crippen molar-refractivity contribution in [3.8, 4) is 0 Å². The lowest BCUT2D eigenvalue weighted by molar-refractivity contribution is 0.221. The Bertz CT molecular complexity index is 321. The SMILES string of the molecule is INCc1cccc(CN2CCCCC2)c1. The first-order valence-electron chi connectivity index (χ1n) is 6.02. The lowest BCUT2D eigenvalue weighted by Crippen LogP contribution is -2.29. The molecule has 1 aliphatic rings. The van der Waals surface area contributed by atoms with Gasteiger partial charge in [0.15, 0.2) is 0 Å². The zero-order valence-corrected chi connectivity index (χ0v) is 11.7. The molecular formula is C13H19IN2. The number of piperidine rings is 1. The molecule has 88 valence electrons. The number of hydrogen-bond acceptors (Lipinski definition) is 2. The number of halogens is 1. The molecule has 0 spiro atoms. The molecule has 0 atom stereocenters. The molecule has 1 aromatic carbocycles. The molecule has 1 N–H and O–H groups in total. The fourth-order valence-corrected chi connectivity index (χ4v) is 2.73. The zero-order chi connectivity index (χ0) is 11.2. The monoisotopic (exact) mass is 330 g/mol. The summed E-state index contributed by atoms with van der Waals surface area (Å²) in [6.07, 6.45) is 4.15. The van der Waals surface area contributed by atoms with Crippen molar-refractivity contribution < 1.29 is 0 Å². The van der Waals surface area contributed by atoms with Gasteiger partial charge < -0.3 is 0 Å². The predicted octanol–water partition coefficient (Wildman–Crippen LogP) is 3.11. The Balaban J connectivity index is 1.94. The van der Waals surface area contributed by atoms with Crippen LogP contribution in [0.1, 0.15) is 30.4 Å². The quantitative estimate of drug-likeness (QED) is 0.674. The molecule has 0 amide bonds. The fraction of sp³-hybridized carbons (Fsp3) is 0.538. The van der Waals surface area contributed by atoms with Crippen LogP contribution >= 0.6 is 22.9 Å². The summed E-state index contributed by atoms with van der Waals surface area (Å²) >= 11 is 2.20. The van der Waals surface area contributed by atoms with E-state index in [1.165, 1.54) is 43.5 Å². The van der Waals surface area contributed by atoms with Gasteiger partial charge >= 0.3 is 0 Å². The van der Waals surface area contributed by atoms with Crippen molar-refractivity contribution in [3.05, 3.63) is 35.4 Å². The van der Waals surface area contributed by atoms with E-state index >= 15 is 0 Å². The second-order valence-electron chi connectivity index (χ2n) is 4.47. The van der Waals surface area contributed by atoms with Gasteiger partial charge in [-0.05, 0) is 37.1 Å². The van der Waals surface area contributed by atoms with Gasteiger partial charge in [-0.25, -0.2) is 0 Å². The van der Waals surface area contributed by atoms with Gasteiger partial charge in [0.05, 0.1) is 0 Å². The van der Waals surface area contributed by atoms with Crippen molar-refractivity contribution in [1.82, 2.24) is 8.43 Å². The highest BCUT2D eigenvalue weighted by Crippen LogP contribution is 2.14. The van der Waals surface area contributed by atoms with Crippen LogP contribution in [-0.4, -0.2) is 18.0 Å². The van der Waals surface area contributed by atoms with E-state index in [0.29, 0.717) is 0 Å². The van der Waals surface area contributed by atoms with Crippen LogP contribution in [0.4, 0.5) is 0 Å². The number of hydrogen-bond donors (Lipinski definition) is 1. The number of benzene rings is 1. The minimum Gasteiger partial charge on any atom is -0.299 e. The number of nitrogens with one attached hydrogen (secondary N) is 1. The highest BCUT2D eigenvalue weighted by molar-refractivity contribution is 14.1. The molecule has 0 unspecified atom stereocenters. The standard InChI is InChI=1S/C13H19IN2/c14-15-10-12-5-4-6-13(9-12)11-16-7-2-1-3-8-16/h4-6,9,15H,1-3,7-8,10-11H2. The van der Waals surface area contributed by atoms with Crippen LogP contribution in [0.15, 0.2) is 24.3 Å². The zero-order valence-electron chi connectivity index (χ0n) is 9.58. The van der Waals surface area contributed by atoms with Crippen LogP contribution in [0.3, 0.4) is 0 Å². The van der Waals surface area contributed by atoms with Crippen molar-refractivity contribution in [2.45, 2.75) is 32.4 Å². The lowest BCUT2D eigenvalue weighted by atomic mass is 10.1. The summed E-state index contributed by atoms with van der Waals surface area (Å²) in [5.74, 6) is 0. The summed E-state index contributed by atoms with van der Waals surface area (Å²) in [7, 11) is 0. The summed E-state index contributed by atoms with van der Waals surface area (Å²) in [5, 5.41) is 0. The Labute approximate surface area is 112 Å². The Morgan fingerprint density at radius 2 is 1.88 bits per heavy atom. The average Bonchev–Trinajstić information content (AvgIpc) is 2.31. The summed E-state index contributed by atoms with van der Waals surface area (Å²) < 4.78 is 3.17. The molecule has 0 bridgehead atoms. The third-order valence-electron chi connectivity index (χ3n) is 3.12. The topological polar surface area (TPSA) is 15.3 Å². The fourth-order valence-electron chi connectivity index (χ4n) is 2.29. The maximum absolute atomic E-state index is 3.17. The second-order valence-corrected chi connectivity index (χ2v) is 5.23. The average molecular weight is 330 g/mol. The van der Waals surface area contributed by atoms with Crippen molar-refractivity contribution >= 4 is 22.9 Å². The van der Waals surface area contributed by atoms with E-state index in [4.69, 9.17) is 0 Å². The first-order chi connectivity index (χ1) is 7.88. The van der Waals surface area contributed by atoms with E-state index < -0.39 is 0 Å². The van der Waals surface area contributed by atoms with Gasteiger partial charge in [0.2, 0.25) is 0 Å². The Morgan fingerprint density at radius 1 is 1.12 bits per heavy atom. The molecule has 0 saturated carbocycles. The molecule has 1 fully saturated rings. The van der Waals surface area contributed by atoms with Gasteiger partial charge in [-0.15, -0.1) is 0 Å². The number of rotatable bonds is 4. The number of likely N-dealkylation sites (tertiary alicyclic amines) is 1. The molecule has 2 rings (SSSR count). The van der Waals surface area contributed by atoms with Crippen LogP contribution in [0.2, 0.25) is 0 Å². The van der Waals surface area contributed by atoms with E-state index in [1.807, 2.05) is 0 Å². The van der Waals surface area contributed by atoms with E-state index in [1.54, 1.807) is 0 Å². The van der Waals surface area contributed by atoms with Crippen LogP contribution in [0, 0.1) is 0 Å². The number of nitrogens with zero attached hydrogens (tertiary/aromatic N) is 1. The largest absolute Gasteiger partial charge is 0.299 e. The predicted molar refractivity (Wildman–Crippen MR) is 76.4 cm³/mol. The van der Waals surface area contributed by atoms with E-state index in [2.05, 4.69) is 55.6 Å². The van der Waals surface area contributed by atoms with Gasteiger partial charge in [-0.3, -0.25) is 8.43 Å². The first-order valence-corrected chi connectivity index (χ1v) is 7.10. The van der Waals surface area contributed by atoms with Gasteiger partial charge in [0.25, 0.3) is 0 Å². The van der Waals surface area contributed by atoms with Gasteiger partial charge in [-0.2, -0.15) is 0 Å². The van der Waals surface area contributed by atoms with E-state index in [0.717, 1.165) is 13.1 Å². The molecule has 0 aliphatic carbocycles. The highest BCUT2D eigenvalue weighted by atomic mass is 127. The maximum Gasteiger partial charge on any atom is 0.0301 e. The molecule has 1 aromatic rings.